The van der Waals surface area contributed by atoms with Gasteiger partial charge < -0.3 is 14.5 Å². The number of rotatable bonds is 4. The minimum absolute atomic E-state index is 0.262. The molecule has 1 atom stereocenters. The van der Waals surface area contributed by atoms with E-state index in [9.17, 15) is 9.59 Å². The lowest BCUT2D eigenvalue weighted by Crippen LogP contribution is -2.30. The Bertz CT molecular complexity index is 1240. The van der Waals surface area contributed by atoms with E-state index in [0.29, 0.717) is 11.3 Å². The average Bonchev–Trinajstić information content (AvgIpc) is 2.67. The number of nitrogens with one attached hydrogen (secondary N) is 1. The summed E-state index contributed by atoms with van der Waals surface area (Å²) in [6.45, 7) is 3.52. The van der Waals surface area contributed by atoms with Gasteiger partial charge in [-0.05, 0) is 43.0 Å². The van der Waals surface area contributed by atoms with Gasteiger partial charge in [0.05, 0.1) is 0 Å². The Hall–Kier alpha value is -3.60. The molecule has 0 spiro atoms. The third kappa shape index (κ3) is 3.47. The Morgan fingerprint density at radius 3 is 2.64 bits per heavy atom. The monoisotopic (exact) mass is 373 g/mol. The molecule has 0 saturated carbocycles. The van der Waals surface area contributed by atoms with E-state index >= 15 is 0 Å². The zero-order valence-corrected chi connectivity index (χ0v) is 15.6. The van der Waals surface area contributed by atoms with Crippen molar-refractivity contribution in [3.63, 3.8) is 0 Å². The number of benzene rings is 3. The lowest BCUT2D eigenvalue weighted by molar-refractivity contribution is -0.122. The van der Waals surface area contributed by atoms with Crippen molar-refractivity contribution < 1.29 is 13.9 Å². The quantitative estimate of drug-likeness (QED) is 0.528. The second kappa shape index (κ2) is 7.19. The molecule has 5 nitrogen and oxygen atoms in total. The van der Waals surface area contributed by atoms with Crippen molar-refractivity contribution in [1.82, 2.24) is 0 Å². The number of carbonyl (C=O) groups is 1. The summed E-state index contributed by atoms with van der Waals surface area (Å²) in [6.07, 6.45) is -0.729. The number of carbonyl (C=O) groups excluding carboxylic acids is 1. The summed E-state index contributed by atoms with van der Waals surface area (Å²) in [7, 11) is 0. The van der Waals surface area contributed by atoms with Crippen LogP contribution in [0.15, 0.2) is 75.9 Å². The summed E-state index contributed by atoms with van der Waals surface area (Å²) in [5.74, 6) is 0.198. The first kappa shape index (κ1) is 17.8. The molecule has 4 rings (SSSR count). The molecule has 140 valence electrons. The molecule has 1 amide bonds. The Morgan fingerprint density at radius 1 is 1.00 bits per heavy atom. The van der Waals surface area contributed by atoms with Crippen LogP contribution in [-0.4, -0.2) is 12.0 Å². The largest absolute Gasteiger partial charge is 0.481 e. The standard InChI is InChI=1S/C23H19NO4/c1-14-12-22(25)28-21-13-17(10-11-18(14)21)27-15(2)23(26)24-20-9-5-7-16-6-3-4-8-19(16)20/h3-13,15H,1-2H3,(H,24,26). The zero-order chi connectivity index (χ0) is 19.7. The van der Waals surface area contributed by atoms with Crippen molar-refractivity contribution in [3.8, 4) is 5.75 Å². The highest BCUT2D eigenvalue weighted by atomic mass is 16.5. The normalized spacial score (nSPS) is 12.1. The van der Waals surface area contributed by atoms with Crippen molar-refractivity contribution in [3.05, 3.63) is 82.7 Å². The number of hydrogen-bond acceptors (Lipinski definition) is 4. The van der Waals surface area contributed by atoms with Gasteiger partial charge in [-0.2, -0.15) is 0 Å². The number of amides is 1. The fourth-order valence-corrected chi connectivity index (χ4v) is 3.20. The molecule has 0 aliphatic heterocycles. The van der Waals surface area contributed by atoms with E-state index in [1.54, 1.807) is 19.1 Å². The van der Waals surface area contributed by atoms with Crippen molar-refractivity contribution >= 4 is 33.3 Å². The molecule has 5 heteroatoms. The molecule has 1 unspecified atom stereocenters. The van der Waals surface area contributed by atoms with Crippen LogP contribution in [0, 0.1) is 6.92 Å². The van der Waals surface area contributed by atoms with E-state index in [-0.39, 0.29) is 5.91 Å². The first-order valence-corrected chi connectivity index (χ1v) is 9.01. The van der Waals surface area contributed by atoms with Gasteiger partial charge in [0.15, 0.2) is 6.10 Å². The highest BCUT2D eigenvalue weighted by molar-refractivity contribution is 6.03. The van der Waals surface area contributed by atoms with Crippen LogP contribution in [0.3, 0.4) is 0 Å². The summed E-state index contributed by atoms with van der Waals surface area (Å²) in [5.41, 5.74) is 1.59. The summed E-state index contributed by atoms with van der Waals surface area (Å²) in [5, 5.41) is 5.77. The van der Waals surface area contributed by atoms with Crippen molar-refractivity contribution in [2.75, 3.05) is 5.32 Å². The maximum absolute atomic E-state index is 12.6. The second-order valence-corrected chi connectivity index (χ2v) is 6.68. The Kier molecular flexibility index (Phi) is 4.57. The van der Waals surface area contributed by atoms with Crippen LogP contribution >= 0.6 is 0 Å². The van der Waals surface area contributed by atoms with E-state index in [4.69, 9.17) is 9.15 Å². The Morgan fingerprint density at radius 2 is 1.79 bits per heavy atom. The third-order valence-corrected chi connectivity index (χ3v) is 4.65. The van der Waals surface area contributed by atoms with Gasteiger partial charge >= 0.3 is 5.63 Å². The van der Waals surface area contributed by atoms with Crippen LogP contribution < -0.4 is 15.7 Å². The van der Waals surface area contributed by atoms with Gasteiger partial charge in [0, 0.05) is 28.6 Å². The molecule has 28 heavy (non-hydrogen) atoms. The Labute approximate surface area is 161 Å². The van der Waals surface area contributed by atoms with Crippen LogP contribution in [0.1, 0.15) is 12.5 Å². The van der Waals surface area contributed by atoms with Crippen LogP contribution in [0.4, 0.5) is 5.69 Å². The number of fused-ring (bicyclic) bond motifs is 2. The maximum Gasteiger partial charge on any atom is 0.336 e. The molecule has 0 radical (unpaired) electrons. The van der Waals surface area contributed by atoms with E-state index in [1.165, 1.54) is 6.07 Å². The maximum atomic E-state index is 12.6. The number of anilines is 1. The van der Waals surface area contributed by atoms with E-state index in [1.807, 2.05) is 55.5 Å². The molecule has 0 aliphatic rings. The number of hydrogen-bond donors (Lipinski definition) is 1. The fraction of sp³-hybridized carbons (Fsp3) is 0.130. The molecule has 0 saturated heterocycles. The summed E-state index contributed by atoms with van der Waals surface area (Å²) in [4.78, 5) is 24.2. The van der Waals surface area contributed by atoms with Gasteiger partial charge in [0.25, 0.3) is 5.91 Å². The second-order valence-electron chi connectivity index (χ2n) is 6.68. The van der Waals surface area contributed by atoms with Gasteiger partial charge in [-0.25, -0.2) is 4.79 Å². The molecule has 1 aromatic heterocycles. The highest BCUT2D eigenvalue weighted by Gasteiger charge is 2.16. The first-order valence-electron chi connectivity index (χ1n) is 9.01. The SMILES string of the molecule is Cc1cc(=O)oc2cc(OC(C)C(=O)Nc3cccc4ccccc34)ccc12. The number of aryl methyl sites for hydroxylation is 1. The molecular weight excluding hydrogens is 354 g/mol. The summed E-state index contributed by atoms with van der Waals surface area (Å²) >= 11 is 0. The zero-order valence-electron chi connectivity index (χ0n) is 15.6. The summed E-state index contributed by atoms with van der Waals surface area (Å²) < 4.78 is 11.0. The van der Waals surface area contributed by atoms with Crippen molar-refractivity contribution in [1.29, 1.82) is 0 Å². The molecule has 1 heterocycles. The molecule has 4 aromatic rings. The summed E-state index contributed by atoms with van der Waals surface area (Å²) in [6, 6.07) is 20.3. The molecule has 3 aromatic carbocycles. The predicted molar refractivity (Wildman–Crippen MR) is 110 cm³/mol. The van der Waals surface area contributed by atoms with E-state index < -0.39 is 11.7 Å². The van der Waals surface area contributed by atoms with Gasteiger partial charge in [-0.1, -0.05) is 36.4 Å². The smallest absolute Gasteiger partial charge is 0.336 e. The fourth-order valence-electron chi connectivity index (χ4n) is 3.20. The lowest BCUT2D eigenvalue weighted by atomic mass is 10.1. The Balaban J connectivity index is 1.54. The molecule has 0 fully saturated rings. The lowest BCUT2D eigenvalue weighted by Gasteiger charge is -2.16. The van der Waals surface area contributed by atoms with Gasteiger partial charge in [0.2, 0.25) is 0 Å². The molecule has 0 aliphatic carbocycles. The van der Waals surface area contributed by atoms with Gasteiger partial charge in [-0.3, -0.25) is 4.79 Å². The van der Waals surface area contributed by atoms with Gasteiger partial charge in [0.1, 0.15) is 11.3 Å². The highest BCUT2D eigenvalue weighted by Crippen LogP contribution is 2.25. The van der Waals surface area contributed by atoms with E-state index in [0.717, 1.165) is 27.4 Å². The van der Waals surface area contributed by atoms with Crippen molar-refractivity contribution in [2.45, 2.75) is 20.0 Å². The average molecular weight is 373 g/mol. The molecular formula is C23H19NO4. The predicted octanol–water partition coefficient (Wildman–Crippen LogP) is 4.66. The van der Waals surface area contributed by atoms with Crippen LogP contribution in [0.25, 0.3) is 21.7 Å². The first-order chi connectivity index (χ1) is 13.5. The third-order valence-electron chi connectivity index (χ3n) is 4.65. The van der Waals surface area contributed by atoms with Gasteiger partial charge in [-0.15, -0.1) is 0 Å². The molecule has 0 bridgehead atoms. The van der Waals surface area contributed by atoms with Crippen molar-refractivity contribution in [2.24, 2.45) is 0 Å². The van der Waals surface area contributed by atoms with Crippen LogP contribution in [0.2, 0.25) is 0 Å². The number of ether oxygens (including phenoxy) is 1. The van der Waals surface area contributed by atoms with Crippen LogP contribution in [0.5, 0.6) is 5.75 Å². The minimum Gasteiger partial charge on any atom is -0.481 e. The molecule has 1 N–H and O–H groups in total. The minimum atomic E-state index is -0.729. The van der Waals surface area contributed by atoms with E-state index in [2.05, 4.69) is 5.32 Å². The topological polar surface area (TPSA) is 68.5 Å². The van der Waals surface area contributed by atoms with Crippen LogP contribution in [-0.2, 0) is 4.79 Å².